The van der Waals surface area contributed by atoms with Gasteiger partial charge in [0.2, 0.25) is 11.6 Å². The lowest BCUT2D eigenvalue weighted by Gasteiger charge is -2.35. The van der Waals surface area contributed by atoms with Crippen LogP contribution in [-0.2, 0) is 10.8 Å². The summed E-state index contributed by atoms with van der Waals surface area (Å²) in [7, 11) is 0. The minimum absolute atomic E-state index is 0.00681. The molecule has 4 aromatic heterocycles. The lowest BCUT2D eigenvalue weighted by atomic mass is 9.67. The summed E-state index contributed by atoms with van der Waals surface area (Å²) in [4.78, 5) is 89.9. The Labute approximate surface area is 385 Å². The number of carboxylic acids is 1. The molecule has 67 heavy (non-hydrogen) atoms. The normalized spacial score (nSPS) is 21.3. The number of aromatic amines is 4. The molecule has 1 saturated heterocycles. The molecule has 0 bridgehead atoms. The number of carbonyl (C=O) groups is 6. The molecule has 7 N–H and O–H groups in total. The molecule has 5 heterocycles. The SMILES string of the molecule is CC1(C)CC2(CC2)C(=O)c2[nH]c3ccc(C(=O)NC4CCCC4)cc3c21.CC1(C)CC2(CC2)C(=O)c2[nH]c3ccc(C(=O)NC4CCN(C(=O)c5ncn[nH]5)C4)cc3c21.O=C(O)c1ncn[nH]1. The van der Waals surface area contributed by atoms with Gasteiger partial charge in [-0.2, -0.15) is 10.2 Å². The van der Waals surface area contributed by atoms with Gasteiger partial charge in [0.15, 0.2) is 11.6 Å². The van der Waals surface area contributed by atoms with Gasteiger partial charge < -0.3 is 30.6 Å². The minimum Gasteiger partial charge on any atom is -0.475 e. The molecule has 6 aromatic rings. The maximum Gasteiger partial charge on any atom is 0.373 e. The van der Waals surface area contributed by atoms with Crippen LogP contribution in [0.15, 0.2) is 49.1 Å². The highest BCUT2D eigenvalue weighted by atomic mass is 16.4. The van der Waals surface area contributed by atoms with Crippen molar-refractivity contribution in [3.05, 3.63) is 94.3 Å². The summed E-state index contributed by atoms with van der Waals surface area (Å²) >= 11 is 0. The van der Waals surface area contributed by atoms with Crippen LogP contribution in [0.25, 0.3) is 21.8 Å². The molecule has 348 valence electrons. The van der Waals surface area contributed by atoms with Crippen molar-refractivity contribution >= 4 is 57.1 Å². The molecule has 4 fully saturated rings. The molecule has 1 unspecified atom stereocenters. The van der Waals surface area contributed by atoms with Gasteiger partial charge in [0.05, 0.1) is 11.4 Å². The van der Waals surface area contributed by atoms with E-state index in [2.05, 4.69) is 78.7 Å². The number of hydrogen-bond donors (Lipinski definition) is 7. The van der Waals surface area contributed by atoms with Crippen molar-refractivity contribution in [2.75, 3.05) is 13.1 Å². The molecule has 2 spiro atoms. The fourth-order valence-corrected chi connectivity index (χ4v) is 11.5. The Morgan fingerprint density at radius 2 is 1.15 bits per heavy atom. The van der Waals surface area contributed by atoms with Gasteiger partial charge in [0.25, 0.3) is 17.7 Å². The van der Waals surface area contributed by atoms with E-state index in [1.807, 2.05) is 30.3 Å². The Balaban J connectivity index is 0.000000137. The maximum atomic E-state index is 13.1. The number of aromatic nitrogens is 8. The summed E-state index contributed by atoms with van der Waals surface area (Å²) in [6.45, 7) is 9.82. The second-order valence-corrected chi connectivity index (χ2v) is 20.7. The van der Waals surface area contributed by atoms with Gasteiger partial charge in [-0.3, -0.25) is 34.2 Å². The van der Waals surface area contributed by atoms with Gasteiger partial charge in [0.1, 0.15) is 12.7 Å². The number of rotatable bonds is 6. The van der Waals surface area contributed by atoms with Gasteiger partial charge in [-0.15, -0.1) is 0 Å². The highest BCUT2D eigenvalue weighted by molar-refractivity contribution is 6.11. The largest absolute Gasteiger partial charge is 0.475 e. The fraction of sp³-hybridized carbons (Fsp3) is 0.469. The van der Waals surface area contributed by atoms with Gasteiger partial charge >= 0.3 is 5.97 Å². The Hall–Kier alpha value is -6.98. The van der Waals surface area contributed by atoms with Gasteiger partial charge in [0, 0.05) is 68.9 Å². The first-order chi connectivity index (χ1) is 32.0. The molecule has 5 aliphatic carbocycles. The van der Waals surface area contributed by atoms with Gasteiger partial charge in [-0.25, -0.2) is 14.8 Å². The average Bonchev–Trinajstić information content (AvgIpc) is 3.85. The Morgan fingerprint density at radius 1 is 0.672 bits per heavy atom. The van der Waals surface area contributed by atoms with Crippen molar-refractivity contribution in [2.45, 2.75) is 121 Å². The zero-order valence-corrected chi connectivity index (χ0v) is 38.1. The number of nitrogens with zero attached hydrogens (tertiary/aromatic N) is 5. The zero-order chi connectivity index (χ0) is 47.0. The molecule has 6 aliphatic rings. The molecule has 3 saturated carbocycles. The van der Waals surface area contributed by atoms with Crippen LogP contribution >= 0.6 is 0 Å². The van der Waals surface area contributed by atoms with Crippen LogP contribution in [0.4, 0.5) is 0 Å². The predicted octanol–water partition coefficient (Wildman–Crippen LogP) is 6.56. The Kier molecular flexibility index (Phi) is 10.6. The van der Waals surface area contributed by atoms with Crippen molar-refractivity contribution in [3.8, 4) is 0 Å². The lowest BCUT2D eigenvalue weighted by Crippen LogP contribution is -2.38. The summed E-state index contributed by atoms with van der Waals surface area (Å²) < 4.78 is 0. The third-order valence-electron chi connectivity index (χ3n) is 14.9. The number of nitrogens with one attached hydrogen (secondary N) is 6. The predicted molar refractivity (Wildman–Crippen MR) is 245 cm³/mol. The van der Waals surface area contributed by atoms with E-state index in [0.717, 1.165) is 96.3 Å². The van der Waals surface area contributed by atoms with Crippen molar-refractivity contribution in [1.82, 2.24) is 55.9 Å². The lowest BCUT2D eigenvalue weighted by molar-refractivity contribution is 0.0682. The second kappa shape index (κ2) is 16.1. The molecule has 18 nitrogen and oxygen atoms in total. The smallest absolute Gasteiger partial charge is 0.373 e. The van der Waals surface area contributed by atoms with E-state index in [4.69, 9.17) is 5.11 Å². The van der Waals surface area contributed by atoms with E-state index >= 15 is 0 Å². The number of hydrogen-bond acceptors (Lipinski definition) is 10. The number of Topliss-reactive ketones (excluding diaryl/α,β-unsaturated/α-hetero) is 2. The van der Waals surface area contributed by atoms with Crippen LogP contribution in [0.1, 0.15) is 172 Å². The first-order valence-electron chi connectivity index (χ1n) is 23.2. The Morgan fingerprint density at radius 3 is 1.58 bits per heavy atom. The first-order valence-corrected chi connectivity index (χ1v) is 23.2. The number of aromatic carboxylic acids is 1. The number of likely N-dealkylation sites (tertiary alicyclic amines) is 1. The number of carbonyl (C=O) groups excluding carboxylic acids is 5. The summed E-state index contributed by atoms with van der Waals surface area (Å²) in [6.07, 6.45) is 13.4. The van der Waals surface area contributed by atoms with Gasteiger partial charge in [-0.05, 0) is 116 Å². The van der Waals surface area contributed by atoms with Crippen LogP contribution in [0, 0.1) is 10.8 Å². The van der Waals surface area contributed by atoms with Crippen LogP contribution < -0.4 is 10.6 Å². The molecule has 18 heteroatoms. The molecule has 1 aliphatic heterocycles. The van der Waals surface area contributed by atoms with E-state index < -0.39 is 5.97 Å². The topological polar surface area (TPSA) is 265 Å². The van der Waals surface area contributed by atoms with Crippen molar-refractivity contribution in [2.24, 2.45) is 10.8 Å². The highest BCUT2D eigenvalue weighted by Crippen LogP contribution is 2.61. The molecule has 12 rings (SSSR count). The molecule has 3 amide bonds. The molecule has 0 radical (unpaired) electrons. The highest BCUT2D eigenvalue weighted by Gasteiger charge is 2.59. The molecule has 1 atom stereocenters. The maximum absolute atomic E-state index is 13.1. The minimum atomic E-state index is -1.09. The number of ketones is 2. The summed E-state index contributed by atoms with van der Waals surface area (Å²) in [5.41, 5.74) is 6.22. The summed E-state index contributed by atoms with van der Waals surface area (Å²) in [5, 5.41) is 28.2. The van der Waals surface area contributed by atoms with E-state index in [-0.39, 0.29) is 68.6 Å². The monoisotopic (exact) mass is 909 g/mol. The van der Waals surface area contributed by atoms with E-state index in [9.17, 15) is 28.8 Å². The van der Waals surface area contributed by atoms with E-state index in [1.54, 1.807) is 11.0 Å². The number of benzene rings is 2. The van der Waals surface area contributed by atoms with Crippen molar-refractivity contribution in [1.29, 1.82) is 0 Å². The van der Waals surface area contributed by atoms with E-state index in [0.29, 0.717) is 42.4 Å². The van der Waals surface area contributed by atoms with Crippen LogP contribution in [0.3, 0.4) is 0 Å². The number of fused-ring (bicyclic) bond motifs is 6. The number of H-pyrrole nitrogens is 4. The third-order valence-corrected chi connectivity index (χ3v) is 14.9. The Bertz CT molecular complexity index is 2970. The number of carboxylic acid groups (broad SMARTS) is 1. The van der Waals surface area contributed by atoms with Crippen molar-refractivity contribution in [3.63, 3.8) is 0 Å². The standard InChI is InChI=1S/C24H26N6O3.C22H26N2O2.C3H3N3O2/c1-23(2)11-24(6-7-24)19(31)18-17(23)15-9-13(3-4-16(15)28-18)21(32)27-14-5-8-30(10-14)22(33)20-25-12-26-29-20;1-21(2)12-22(9-10-22)19(25)18-17(21)15-11-13(7-8-16(15)24-18)20(26)23-14-5-3-4-6-14;7-3(8)2-4-1-5-6-2/h3-4,9,12,14,28H,5-8,10-11H2,1-2H3,(H,27,32)(H,25,26,29);7-8,11,14,24H,3-6,9-10,12H2,1-2H3,(H,23,26);1H,(H,7,8)(H,4,5,6). The fourth-order valence-electron chi connectivity index (χ4n) is 11.5. The second-order valence-electron chi connectivity index (χ2n) is 20.7. The van der Waals surface area contributed by atoms with Crippen LogP contribution in [-0.4, -0.2) is 111 Å². The average molecular weight is 910 g/mol. The van der Waals surface area contributed by atoms with Crippen LogP contribution in [0.2, 0.25) is 0 Å². The zero-order valence-electron chi connectivity index (χ0n) is 38.1. The number of amides is 3. The van der Waals surface area contributed by atoms with Crippen molar-refractivity contribution < 1.29 is 33.9 Å². The van der Waals surface area contributed by atoms with E-state index in [1.165, 1.54) is 19.2 Å². The summed E-state index contributed by atoms with van der Waals surface area (Å²) in [6, 6.07) is 11.6. The van der Waals surface area contributed by atoms with Gasteiger partial charge in [-0.1, -0.05) is 40.5 Å². The molecular formula is C49H55N11O7. The first kappa shape index (κ1) is 43.9. The summed E-state index contributed by atoms with van der Waals surface area (Å²) in [5.74, 6) is -0.912. The quantitative estimate of drug-likeness (QED) is 0.0941. The third kappa shape index (κ3) is 7.99. The van der Waals surface area contributed by atoms with Crippen LogP contribution in [0.5, 0.6) is 0 Å². The molecule has 2 aromatic carbocycles. The molecular weight excluding hydrogens is 855 g/mol.